The molecule has 0 radical (unpaired) electrons. The molecule has 0 aliphatic rings. The summed E-state index contributed by atoms with van der Waals surface area (Å²) in [5.41, 5.74) is 0.344. The molecule has 0 bridgehead atoms. The van der Waals surface area contributed by atoms with Crippen LogP contribution in [0.5, 0.6) is 0 Å². The fourth-order valence-electron chi connectivity index (χ4n) is 1.82. The predicted octanol–water partition coefficient (Wildman–Crippen LogP) is 3.16. The van der Waals surface area contributed by atoms with Crippen LogP contribution in [-0.2, 0) is 11.2 Å². The van der Waals surface area contributed by atoms with E-state index in [1.165, 1.54) is 16.2 Å². The highest BCUT2D eigenvalue weighted by Crippen LogP contribution is 2.16. The van der Waals surface area contributed by atoms with Gasteiger partial charge in [0.1, 0.15) is 5.69 Å². The third-order valence-electron chi connectivity index (χ3n) is 2.81. The number of hydrogen-bond acceptors (Lipinski definition) is 5. The van der Waals surface area contributed by atoms with Crippen LogP contribution >= 0.6 is 22.7 Å². The van der Waals surface area contributed by atoms with Crippen LogP contribution in [0.4, 0.5) is 5.13 Å². The van der Waals surface area contributed by atoms with E-state index in [9.17, 15) is 9.59 Å². The van der Waals surface area contributed by atoms with Gasteiger partial charge in [-0.2, -0.15) is 0 Å². The molecule has 0 spiro atoms. The molecule has 0 aliphatic heterocycles. The van der Waals surface area contributed by atoms with Crippen molar-refractivity contribution in [1.82, 2.24) is 10.3 Å². The van der Waals surface area contributed by atoms with Gasteiger partial charge in [-0.05, 0) is 23.8 Å². The van der Waals surface area contributed by atoms with Gasteiger partial charge in [-0.15, -0.1) is 22.7 Å². The van der Waals surface area contributed by atoms with Gasteiger partial charge in [-0.3, -0.25) is 9.59 Å². The van der Waals surface area contributed by atoms with Crippen LogP contribution in [0, 0.1) is 5.92 Å². The SMILES string of the molecule is CC(C)CC(=O)Nc1nc(C(=O)NCCc2cccs2)cs1. The van der Waals surface area contributed by atoms with Crippen LogP contribution in [-0.4, -0.2) is 23.3 Å². The van der Waals surface area contributed by atoms with Crippen LogP contribution in [0.15, 0.2) is 22.9 Å². The molecule has 2 N–H and O–H groups in total. The summed E-state index contributed by atoms with van der Waals surface area (Å²) in [5.74, 6) is 0.00570. The lowest BCUT2D eigenvalue weighted by Gasteiger charge is -2.04. The zero-order valence-corrected chi connectivity index (χ0v) is 14.2. The third-order valence-corrected chi connectivity index (χ3v) is 4.51. The first-order valence-electron chi connectivity index (χ1n) is 7.10. The highest BCUT2D eigenvalue weighted by atomic mass is 32.1. The predicted molar refractivity (Wildman–Crippen MR) is 90.6 cm³/mol. The zero-order valence-electron chi connectivity index (χ0n) is 12.6. The molecular weight excluding hydrogens is 318 g/mol. The lowest BCUT2D eigenvalue weighted by atomic mass is 10.1. The molecule has 0 saturated carbocycles. The van der Waals surface area contributed by atoms with Gasteiger partial charge in [-0.1, -0.05) is 19.9 Å². The van der Waals surface area contributed by atoms with Gasteiger partial charge in [0.25, 0.3) is 5.91 Å². The first-order valence-corrected chi connectivity index (χ1v) is 8.86. The van der Waals surface area contributed by atoms with Gasteiger partial charge < -0.3 is 10.6 Å². The van der Waals surface area contributed by atoms with Gasteiger partial charge >= 0.3 is 0 Å². The first kappa shape index (κ1) is 16.6. The highest BCUT2D eigenvalue weighted by molar-refractivity contribution is 7.14. The van der Waals surface area contributed by atoms with E-state index in [0.717, 1.165) is 6.42 Å². The number of amides is 2. The summed E-state index contributed by atoms with van der Waals surface area (Å²) in [6, 6.07) is 4.04. The van der Waals surface area contributed by atoms with Crippen molar-refractivity contribution in [2.24, 2.45) is 5.92 Å². The van der Waals surface area contributed by atoms with Gasteiger partial charge in [0.05, 0.1) is 0 Å². The van der Waals surface area contributed by atoms with Gasteiger partial charge in [-0.25, -0.2) is 4.98 Å². The number of carbonyl (C=O) groups is 2. The largest absolute Gasteiger partial charge is 0.350 e. The molecule has 2 aromatic rings. The van der Waals surface area contributed by atoms with Crippen molar-refractivity contribution in [2.45, 2.75) is 26.7 Å². The number of thiophene rings is 1. The standard InChI is InChI=1S/C15H19N3O2S2/c1-10(2)8-13(19)18-15-17-12(9-22-15)14(20)16-6-5-11-4-3-7-21-11/h3-4,7,9-10H,5-6,8H2,1-2H3,(H,16,20)(H,17,18,19). The van der Waals surface area contributed by atoms with Crippen molar-refractivity contribution in [3.8, 4) is 0 Å². The number of thiazole rings is 1. The van der Waals surface area contributed by atoms with Gasteiger partial charge in [0.2, 0.25) is 5.91 Å². The fourth-order valence-corrected chi connectivity index (χ4v) is 3.24. The average Bonchev–Trinajstić information content (AvgIpc) is 3.09. The second-order valence-corrected chi connectivity index (χ2v) is 7.16. The molecule has 0 aromatic carbocycles. The summed E-state index contributed by atoms with van der Waals surface area (Å²) >= 11 is 2.94. The Labute approximate surface area is 137 Å². The van der Waals surface area contributed by atoms with E-state index in [1.54, 1.807) is 16.7 Å². The molecule has 7 heteroatoms. The minimum absolute atomic E-state index is 0.0750. The highest BCUT2D eigenvalue weighted by Gasteiger charge is 2.12. The van der Waals surface area contributed by atoms with E-state index in [2.05, 4.69) is 15.6 Å². The maximum atomic E-state index is 12.0. The second-order valence-electron chi connectivity index (χ2n) is 5.27. The Morgan fingerprint density at radius 3 is 2.82 bits per heavy atom. The lowest BCUT2D eigenvalue weighted by Crippen LogP contribution is -2.25. The molecular formula is C15H19N3O2S2. The molecule has 2 rings (SSSR count). The average molecular weight is 337 g/mol. The zero-order chi connectivity index (χ0) is 15.9. The smallest absolute Gasteiger partial charge is 0.270 e. The number of rotatable bonds is 7. The fraction of sp³-hybridized carbons (Fsp3) is 0.400. The molecule has 0 aliphatic carbocycles. The first-order chi connectivity index (χ1) is 10.5. The van der Waals surface area contributed by atoms with Crippen molar-refractivity contribution in [1.29, 1.82) is 0 Å². The molecule has 0 saturated heterocycles. The Bertz CT molecular complexity index is 621. The Hall–Kier alpha value is -1.73. The second kappa shape index (κ2) is 8.05. The monoisotopic (exact) mass is 337 g/mol. The number of hydrogen-bond donors (Lipinski definition) is 2. The van der Waals surface area contributed by atoms with E-state index >= 15 is 0 Å². The summed E-state index contributed by atoms with van der Waals surface area (Å²) in [4.78, 5) is 29.0. The number of aromatic nitrogens is 1. The van der Waals surface area contributed by atoms with Crippen LogP contribution in [0.3, 0.4) is 0 Å². The van der Waals surface area contributed by atoms with Crippen molar-refractivity contribution >= 4 is 39.6 Å². The molecule has 2 aromatic heterocycles. The van der Waals surface area contributed by atoms with Gasteiger partial charge in [0.15, 0.2) is 5.13 Å². The Morgan fingerprint density at radius 2 is 2.14 bits per heavy atom. The Morgan fingerprint density at radius 1 is 1.32 bits per heavy atom. The molecule has 5 nitrogen and oxygen atoms in total. The van der Waals surface area contributed by atoms with Crippen LogP contribution in [0.25, 0.3) is 0 Å². The van der Waals surface area contributed by atoms with Crippen molar-refractivity contribution < 1.29 is 9.59 Å². The summed E-state index contributed by atoms with van der Waals surface area (Å²) in [7, 11) is 0. The maximum Gasteiger partial charge on any atom is 0.270 e. The maximum absolute atomic E-state index is 12.0. The van der Waals surface area contributed by atoms with Crippen LogP contribution < -0.4 is 10.6 Å². The Kier molecular flexibility index (Phi) is 6.09. The normalized spacial score (nSPS) is 10.7. The van der Waals surface area contributed by atoms with Crippen LogP contribution in [0.2, 0.25) is 0 Å². The molecule has 0 unspecified atom stereocenters. The quantitative estimate of drug-likeness (QED) is 0.815. The molecule has 22 heavy (non-hydrogen) atoms. The van der Waals surface area contributed by atoms with E-state index < -0.39 is 0 Å². The summed E-state index contributed by atoms with van der Waals surface area (Å²) in [6.07, 6.45) is 1.26. The molecule has 0 atom stereocenters. The number of carbonyl (C=O) groups excluding carboxylic acids is 2. The van der Waals surface area contributed by atoms with Crippen molar-refractivity contribution in [2.75, 3.05) is 11.9 Å². The Balaban J connectivity index is 1.79. The number of nitrogens with zero attached hydrogens (tertiary/aromatic N) is 1. The minimum atomic E-state index is -0.211. The van der Waals surface area contributed by atoms with E-state index in [0.29, 0.717) is 29.7 Å². The van der Waals surface area contributed by atoms with Crippen LogP contribution in [0.1, 0.15) is 35.6 Å². The molecule has 118 valence electrons. The third kappa shape index (κ3) is 5.23. The summed E-state index contributed by atoms with van der Waals surface area (Å²) in [6.45, 7) is 4.54. The molecule has 2 amide bonds. The number of anilines is 1. The molecule has 0 fully saturated rings. The lowest BCUT2D eigenvalue weighted by molar-refractivity contribution is -0.116. The number of nitrogens with one attached hydrogen (secondary N) is 2. The van der Waals surface area contributed by atoms with E-state index in [1.807, 2.05) is 31.4 Å². The summed E-state index contributed by atoms with van der Waals surface area (Å²) < 4.78 is 0. The van der Waals surface area contributed by atoms with Gasteiger partial charge in [0, 0.05) is 23.2 Å². The van der Waals surface area contributed by atoms with E-state index in [-0.39, 0.29) is 11.8 Å². The summed E-state index contributed by atoms with van der Waals surface area (Å²) in [5, 5.41) is 9.69. The van der Waals surface area contributed by atoms with Crippen molar-refractivity contribution in [3.05, 3.63) is 33.5 Å². The molecule has 2 heterocycles. The minimum Gasteiger partial charge on any atom is -0.350 e. The van der Waals surface area contributed by atoms with E-state index in [4.69, 9.17) is 0 Å². The van der Waals surface area contributed by atoms with Crippen molar-refractivity contribution in [3.63, 3.8) is 0 Å². The topological polar surface area (TPSA) is 71.1 Å².